The lowest BCUT2D eigenvalue weighted by Crippen LogP contribution is -2.01. The Morgan fingerprint density at radius 1 is 0.947 bits per heavy atom. The van der Waals surface area contributed by atoms with E-state index in [9.17, 15) is 5.11 Å². The molecule has 0 radical (unpaired) electrons. The summed E-state index contributed by atoms with van der Waals surface area (Å²) in [6.45, 7) is 0. The molecule has 0 saturated carbocycles. The maximum absolute atomic E-state index is 10.4. The molecule has 0 aliphatic rings. The molecule has 2 aromatic rings. The number of hydrogen-bond acceptors (Lipinski definition) is 3. The van der Waals surface area contributed by atoms with Crippen LogP contribution in [0, 0.1) is 3.57 Å². The van der Waals surface area contributed by atoms with Gasteiger partial charge in [-0.2, -0.15) is 0 Å². The first-order valence-electron chi connectivity index (χ1n) is 5.80. The normalized spacial score (nSPS) is 12.0. The molecule has 1 atom stereocenters. The maximum Gasteiger partial charge on any atom is 0.122 e. The molecular weight excluding hydrogens is 355 g/mol. The molecule has 2 rings (SSSR count). The average molecular weight is 370 g/mol. The Kier molecular flexibility index (Phi) is 4.66. The van der Waals surface area contributed by atoms with Crippen LogP contribution in [0.25, 0.3) is 0 Å². The Bertz CT molecular complexity index is 547. The van der Waals surface area contributed by atoms with Crippen molar-refractivity contribution in [1.29, 1.82) is 0 Å². The van der Waals surface area contributed by atoms with E-state index in [-0.39, 0.29) is 0 Å². The highest BCUT2D eigenvalue weighted by molar-refractivity contribution is 14.1. The van der Waals surface area contributed by atoms with Crippen molar-refractivity contribution in [1.82, 2.24) is 0 Å². The third kappa shape index (κ3) is 3.39. The molecular formula is C15H15IO3. The molecule has 19 heavy (non-hydrogen) atoms. The fraction of sp³-hybridized carbons (Fsp3) is 0.200. The SMILES string of the molecule is COc1cc(OC)cc(C(O)c2cccc(I)c2)c1. The molecule has 0 bridgehead atoms. The first-order valence-corrected chi connectivity index (χ1v) is 6.88. The summed E-state index contributed by atoms with van der Waals surface area (Å²) < 4.78 is 11.5. The molecule has 0 saturated heterocycles. The van der Waals surface area contributed by atoms with Crippen LogP contribution in [0.2, 0.25) is 0 Å². The van der Waals surface area contributed by atoms with Gasteiger partial charge < -0.3 is 14.6 Å². The molecule has 0 aliphatic carbocycles. The third-order valence-electron chi connectivity index (χ3n) is 2.85. The Morgan fingerprint density at radius 3 is 2.11 bits per heavy atom. The largest absolute Gasteiger partial charge is 0.497 e. The van der Waals surface area contributed by atoms with Gasteiger partial charge >= 0.3 is 0 Å². The predicted octanol–water partition coefficient (Wildman–Crippen LogP) is 3.39. The lowest BCUT2D eigenvalue weighted by Gasteiger charge is -2.14. The Labute approximate surface area is 126 Å². The number of ether oxygens (including phenoxy) is 2. The fourth-order valence-electron chi connectivity index (χ4n) is 1.86. The first kappa shape index (κ1) is 14.1. The number of aliphatic hydroxyl groups excluding tert-OH is 1. The number of hydrogen-bond donors (Lipinski definition) is 1. The molecule has 4 heteroatoms. The van der Waals surface area contributed by atoms with Crippen LogP contribution in [0.3, 0.4) is 0 Å². The number of halogens is 1. The molecule has 0 spiro atoms. The standard InChI is InChI=1S/C15H15IO3/c1-18-13-7-11(8-14(9-13)19-2)15(17)10-4-3-5-12(16)6-10/h3-9,15,17H,1-2H3. The van der Waals surface area contributed by atoms with Gasteiger partial charge in [-0.3, -0.25) is 0 Å². The molecule has 0 amide bonds. The summed E-state index contributed by atoms with van der Waals surface area (Å²) in [5, 5.41) is 10.4. The van der Waals surface area contributed by atoms with Gasteiger partial charge in [-0.1, -0.05) is 12.1 Å². The molecule has 0 aliphatic heterocycles. The number of methoxy groups -OCH3 is 2. The van der Waals surface area contributed by atoms with Gasteiger partial charge in [0, 0.05) is 9.64 Å². The van der Waals surface area contributed by atoms with Crippen molar-refractivity contribution in [2.24, 2.45) is 0 Å². The minimum absolute atomic E-state index is 0.666. The zero-order valence-electron chi connectivity index (χ0n) is 10.8. The van der Waals surface area contributed by atoms with Crippen molar-refractivity contribution in [2.45, 2.75) is 6.10 Å². The quantitative estimate of drug-likeness (QED) is 0.839. The smallest absolute Gasteiger partial charge is 0.122 e. The zero-order chi connectivity index (χ0) is 13.8. The molecule has 3 nitrogen and oxygen atoms in total. The Balaban J connectivity index is 2.40. The Morgan fingerprint density at radius 2 is 1.58 bits per heavy atom. The second-order valence-corrected chi connectivity index (χ2v) is 5.35. The second-order valence-electron chi connectivity index (χ2n) is 4.10. The summed E-state index contributed by atoms with van der Waals surface area (Å²) in [5.74, 6) is 1.33. The number of aliphatic hydroxyl groups is 1. The van der Waals surface area contributed by atoms with E-state index in [2.05, 4.69) is 22.6 Å². The zero-order valence-corrected chi connectivity index (χ0v) is 12.9. The maximum atomic E-state index is 10.4. The summed E-state index contributed by atoms with van der Waals surface area (Å²) in [5.41, 5.74) is 1.60. The highest BCUT2D eigenvalue weighted by Gasteiger charge is 2.13. The fourth-order valence-corrected chi connectivity index (χ4v) is 2.42. The van der Waals surface area contributed by atoms with Crippen LogP contribution < -0.4 is 9.47 Å². The van der Waals surface area contributed by atoms with Crippen molar-refractivity contribution >= 4 is 22.6 Å². The van der Waals surface area contributed by atoms with Crippen molar-refractivity contribution in [3.63, 3.8) is 0 Å². The molecule has 1 unspecified atom stereocenters. The predicted molar refractivity (Wildman–Crippen MR) is 82.8 cm³/mol. The van der Waals surface area contributed by atoms with E-state index in [4.69, 9.17) is 9.47 Å². The molecule has 0 fully saturated rings. The van der Waals surface area contributed by atoms with Crippen LogP contribution in [-0.4, -0.2) is 19.3 Å². The van der Waals surface area contributed by atoms with Gasteiger partial charge in [0.2, 0.25) is 0 Å². The van der Waals surface area contributed by atoms with Crippen LogP contribution in [0.15, 0.2) is 42.5 Å². The van der Waals surface area contributed by atoms with Gasteiger partial charge in [0.05, 0.1) is 14.2 Å². The summed E-state index contributed by atoms with van der Waals surface area (Å²) in [6.07, 6.45) is -0.696. The van der Waals surface area contributed by atoms with Crippen molar-refractivity contribution in [3.8, 4) is 11.5 Å². The van der Waals surface area contributed by atoms with Crippen LogP contribution in [0.1, 0.15) is 17.2 Å². The molecule has 100 valence electrons. The van der Waals surface area contributed by atoms with Gasteiger partial charge in [-0.25, -0.2) is 0 Å². The van der Waals surface area contributed by atoms with E-state index in [1.165, 1.54) is 0 Å². The van der Waals surface area contributed by atoms with Gasteiger partial charge in [0.1, 0.15) is 17.6 Å². The highest BCUT2D eigenvalue weighted by Crippen LogP contribution is 2.30. The molecule has 2 aromatic carbocycles. The summed E-state index contributed by atoms with van der Waals surface area (Å²) in [6, 6.07) is 13.2. The highest BCUT2D eigenvalue weighted by atomic mass is 127. The van der Waals surface area contributed by atoms with Crippen molar-refractivity contribution in [3.05, 3.63) is 57.2 Å². The summed E-state index contributed by atoms with van der Waals surface area (Å²) in [4.78, 5) is 0. The Hall–Kier alpha value is -1.27. The topological polar surface area (TPSA) is 38.7 Å². The van der Waals surface area contributed by atoms with Crippen LogP contribution in [0.5, 0.6) is 11.5 Å². The van der Waals surface area contributed by atoms with Crippen molar-refractivity contribution < 1.29 is 14.6 Å². The van der Waals surface area contributed by atoms with Crippen LogP contribution in [0.4, 0.5) is 0 Å². The summed E-state index contributed by atoms with van der Waals surface area (Å²) >= 11 is 2.23. The molecule has 0 heterocycles. The van der Waals surface area contributed by atoms with Gasteiger partial charge in [0.25, 0.3) is 0 Å². The second kappa shape index (κ2) is 6.25. The number of rotatable bonds is 4. The van der Waals surface area contributed by atoms with Gasteiger partial charge in [-0.05, 0) is 58.0 Å². The molecule has 0 aromatic heterocycles. The third-order valence-corrected chi connectivity index (χ3v) is 3.52. The van der Waals surface area contributed by atoms with E-state index < -0.39 is 6.10 Å². The minimum Gasteiger partial charge on any atom is -0.497 e. The van der Waals surface area contributed by atoms with E-state index in [0.29, 0.717) is 11.5 Å². The number of benzene rings is 2. The van der Waals surface area contributed by atoms with Gasteiger partial charge in [-0.15, -0.1) is 0 Å². The monoisotopic (exact) mass is 370 g/mol. The lowest BCUT2D eigenvalue weighted by atomic mass is 10.0. The molecule has 1 N–H and O–H groups in total. The lowest BCUT2D eigenvalue weighted by molar-refractivity contribution is 0.219. The van der Waals surface area contributed by atoms with E-state index in [1.807, 2.05) is 36.4 Å². The van der Waals surface area contributed by atoms with E-state index >= 15 is 0 Å². The van der Waals surface area contributed by atoms with Crippen molar-refractivity contribution in [2.75, 3.05) is 14.2 Å². The van der Waals surface area contributed by atoms with Gasteiger partial charge in [0.15, 0.2) is 0 Å². The van der Waals surface area contributed by atoms with Crippen LogP contribution >= 0.6 is 22.6 Å². The summed E-state index contributed by atoms with van der Waals surface area (Å²) in [7, 11) is 3.19. The van der Waals surface area contributed by atoms with E-state index in [1.54, 1.807) is 20.3 Å². The van der Waals surface area contributed by atoms with E-state index in [0.717, 1.165) is 14.7 Å². The van der Waals surface area contributed by atoms with Crippen LogP contribution in [-0.2, 0) is 0 Å². The average Bonchev–Trinajstić information content (AvgIpc) is 2.45. The minimum atomic E-state index is -0.696. The first-order chi connectivity index (χ1) is 9.13.